The minimum atomic E-state index is -1.04. The molecule has 0 radical (unpaired) electrons. The Bertz CT molecular complexity index is 645. The van der Waals surface area contributed by atoms with Crippen LogP contribution in [0.3, 0.4) is 0 Å². The molecule has 1 aliphatic heterocycles. The Kier molecular flexibility index (Phi) is 5.75. The molecule has 0 spiro atoms. The van der Waals surface area contributed by atoms with E-state index in [9.17, 15) is 14.4 Å². The van der Waals surface area contributed by atoms with Gasteiger partial charge in [0.25, 0.3) is 5.91 Å². The van der Waals surface area contributed by atoms with E-state index in [1.165, 1.54) is 0 Å². The maximum Gasteiger partial charge on any atom is 0.303 e. The number of aliphatic carboxylic acids is 1. The van der Waals surface area contributed by atoms with Crippen LogP contribution in [-0.4, -0.2) is 47.3 Å². The molecule has 0 saturated carbocycles. The van der Waals surface area contributed by atoms with Gasteiger partial charge >= 0.3 is 5.97 Å². The van der Waals surface area contributed by atoms with Crippen molar-refractivity contribution in [2.45, 2.75) is 32.3 Å². The standard InChI is InChI=1S/C16H20N2O6/c1-10-16(23)18(7-2-8-19)12-4-3-11(9-13(12)24-10)17-14(20)5-6-15(21)22/h3-4,9-10,19H,2,5-8H2,1H3,(H,17,20)(H,21,22). The van der Waals surface area contributed by atoms with E-state index in [1.54, 1.807) is 30.0 Å². The van der Waals surface area contributed by atoms with E-state index in [0.29, 0.717) is 30.1 Å². The molecule has 2 rings (SSSR count). The second kappa shape index (κ2) is 7.78. The van der Waals surface area contributed by atoms with Crippen LogP contribution < -0.4 is 15.0 Å². The second-order valence-electron chi connectivity index (χ2n) is 5.45. The lowest BCUT2D eigenvalue weighted by molar-refractivity contribution is -0.138. The van der Waals surface area contributed by atoms with E-state index in [2.05, 4.69) is 5.32 Å². The van der Waals surface area contributed by atoms with Gasteiger partial charge in [-0.1, -0.05) is 0 Å². The minimum absolute atomic E-state index is 0.0218. The van der Waals surface area contributed by atoms with Crippen LogP contribution in [0, 0.1) is 0 Å². The van der Waals surface area contributed by atoms with Gasteiger partial charge in [0.15, 0.2) is 6.10 Å². The molecule has 1 aromatic rings. The first-order valence-electron chi connectivity index (χ1n) is 7.67. The Balaban J connectivity index is 2.14. The second-order valence-corrected chi connectivity index (χ2v) is 5.45. The van der Waals surface area contributed by atoms with Crippen molar-refractivity contribution in [2.75, 3.05) is 23.4 Å². The Hall–Kier alpha value is -2.61. The third-order valence-corrected chi connectivity index (χ3v) is 3.56. The van der Waals surface area contributed by atoms with Gasteiger partial charge in [0.1, 0.15) is 5.75 Å². The Morgan fingerprint density at radius 3 is 2.75 bits per heavy atom. The van der Waals surface area contributed by atoms with Crippen molar-refractivity contribution in [1.29, 1.82) is 0 Å². The Morgan fingerprint density at radius 2 is 2.08 bits per heavy atom. The molecule has 0 fully saturated rings. The molecule has 1 heterocycles. The highest BCUT2D eigenvalue weighted by Gasteiger charge is 2.31. The lowest BCUT2D eigenvalue weighted by Gasteiger charge is -2.33. The lowest BCUT2D eigenvalue weighted by atomic mass is 10.1. The predicted octanol–water partition coefficient (Wildman–Crippen LogP) is 0.986. The number of benzene rings is 1. The van der Waals surface area contributed by atoms with E-state index in [4.69, 9.17) is 14.9 Å². The van der Waals surface area contributed by atoms with Gasteiger partial charge < -0.3 is 25.2 Å². The third kappa shape index (κ3) is 4.23. The SMILES string of the molecule is CC1Oc2cc(NC(=O)CCC(=O)O)ccc2N(CCCO)C1=O. The predicted molar refractivity (Wildman–Crippen MR) is 86.1 cm³/mol. The molecule has 0 aliphatic carbocycles. The number of carboxylic acids is 1. The summed E-state index contributed by atoms with van der Waals surface area (Å²) >= 11 is 0. The number of carbonyl (C=O) groups excluding carboxylic acids is 2. The maximum absolute atomic E-state index is 12.2. The summed E-state index contributed by atoms with van der Waals surface area (Å²) < 4.78 is 5.58. The highest BCUT2D eigenvalue weighted by atomic mass is 16.5. The number of amides is 2. The number of nitrogens with zero attached hydrogens (tertiary/aromatic N) is 1. The summed E-state index contributed by atoms with van der Waals surface area (Å²) in [5, 5.41) is 20.2. The topological polar surface area (TPSA) is 116 Å². The molecule has 8 nitrogen and oxygen atoms in total. The number of anilines is 2. The number of hydrogen-bond acceptors (Lipinski definition) is 5. The van der Waals surface area contributed by atoms with Gasteiger partial charge in [0, 0.05) is 31.3 Å². The van der Waals surface area contributed by atoms with Crippen LogP contribution in [0.5, 0.6) is 5.75 Å². The molecule has 1 aliphatic rings. The number of ether oxygens (including phenoxy) is 1. The fourth-order valence-corrected chi connectivity index (χ4v) is 2.39. The molecule has 0 saturated heterocycles. The maximum atomic E-state index is 12.2. The van der Waals surface area contributed by atoms with Gasteiger partial charge in [-0.25, -0.2) is 0 Å². The molecule has 1 unspecified atom stereocenters. The molecule has 1 atom stereocenters. The first-order valence-corrected chi connectivity index (χ1v) is 7.67. The Morgan fingerprint density at radius 1 is 1.33 bits per heavy atom. The fraction of sp³-hybridized carbons (Fsp3) is 0.438. The summed E-state index contributed by atoms with van der Waals surface area (Å²) in [5.74, 6) is -1.18. The number of fused-ring (bicyclic) bond motifs is 1. The van der Waals surface area contributed by atoms with Gasteiger partial charge in [-0.05, 0) is 25.5 Å². The van der Waals surface area contributed by atoms with Crippen LogP contribution in [0.2, 0.25) is 0 Å². The van der Waals surface area contributed by atoms with E-state index in [0.717, 1.165) is 0 Å². The van der Waals surface area contributed by atoms with Crippen LogP contribution in [0.1, 0.15) is 26.2 Å². The van der Waals surface area contributed by atoms with E-state index in [-0.39, 0.29) is 25.4 Å². The molecule has 0 aromatic heterocycles. The van der Waals surface area contributed by atoms with Crippen molar-refractivity contribution in [2.24, 2.45) is 0 Å². The van der Waals surface area contributed by atoms with Crippen molar-refractivity contribution in [1.82, 2.24) is 0 Å². The van der Waals surface area contributed by atoms with E-state index in [1.807, 2.05) is 0 Å². The van der Waals surface area contributed by atoms with Crippen molar-refractivity contribution < 1.29 is 29.3 Å². The van der Waals surface area contributed by atoms with Crippen LogP contribution >= 0.6 is 0 Å². The number of aliphatic hydroxyl groups excluding tert-OH is 1. The highest BCUT2D eigenvalue weighted by molar-refractivity contribution is 6.00. The van der Waals surface area contributed by atoms with Crippen LogP contribution in [0.25, 0.3) is 0 Å². The van der Waals surface area contributed by atoms with Crippen molar-refractivity contribution >= 4 is 29.2 Å². The summed E-state index contributed by atoms with van der Waals surface area (Å²) in [6.07, 6.45) is -0.571. The molecule has 1 aromatic carbocycles. The molecular formula is C16H20N2O6. The van der Waals surface area contributed by atoms with Gasteiger partial charge in [-0.15, -0.1) is 0 Å². The minimum Gasteiger partial charge on any atom is -0.481 e. The summed E-state index contributed by atoms with van der Waals surface area (Å²) in [6.45, 7) is 1.99. The largest absolute Gasteiger partial charge is 0.481 e. The smallest absolute Gasteiger partial charge is 0.303 e. The molecule has 24 heavy (non-hydrogen) atoms. The number of carboxylic acid groups (broad SMARTS) is 1. The molecule has 2 amide bonds. The first-order chi connectivity index (χ1) is 11.4. The van der Waals surface area contributed by atoms with E-state index >= 15 is 0 Å². The normalized spacial score (nSPS) is 16.3. The quantitative estimate of drug-likeness (QED) is 0.684. The third-order valence-electron chi connectivity index (χ3n) is 3.56. The zero-order valence-corrected chi connectivity index (χ0v) is 13.3. The van der Waals surface area contributed by atoms with Crippen LogP contribution in [0.4, 0.5) is 11.4 Å². The number of carbonyl (C=O) groups is 3. The molecule has 0 bridgehead atoms. The zero-order chi connectivity index (χ0) is 17.7. The molecular weight excluding hydrogens is 316 g/mol. The summed E-state index contributed by atoms with van der Waals surface area (Å²) in [6, 6.07) is 4.88. The van der Waals surface area contributed by atoms with Gasteiger partial charge in [-0.3, -0.25) is 14.4 Å². The number of nitrogens with one attached hydrogen (secondary N) is 1. The van der Waals surface area contributed by atoms with Crippen molar-refractivity contribution in [3.05, 3.63) is 18.2 Å². The molecule has 8 heteroatoms. The van der Waals surface area contributed by atoms with Crippen molar-refractivity contribution in [3.63, 3.8) is 0 Å². The van der Waals surface area contributed by atoms with Gasteiger partial charge in [0.2, 0.25) is 5.91 Å². The van der Waals surface area contributed by atoms with Gasteiger partial charge in [0.05, 0.1) is 12.1 Å². The number of aliphatic hydroxyl groups is 1. The zero-order valence-electron chi connectivity index (χ0n) is 13.3. The monoisotopic (exact) mass is 336 g/mol. The molecule has 3 N–H and O–H groups in total. The Labute approximate surface area is 139 Å². The highest BCUT2D eigenvalue weighted by Crippen LogP contribution is 2.36. The summed E-state index contributed by atoms with van der Waals surface area (Å²) in [5.41, 5.74) is 1.04. The van der Waals surface area contributed by atoms with Crippen molar-refractivity contribution in [3.8, 4) is 5.75 Å². The average Bonchev–Trinajstić information content (AvgIpc) is 2.53. The van der Waals surface area contributed by atoms with Gasteiger partial charge in [-0.2, -0.15) is 0 Å². The first kappa shape index (κ1) is 17.7. The number of rotatable bonds is 7. The van der Waals surface area contributed by atoms with Crippen LogP contribution in [0.15, 0.2) is 18.2 Å². The lowest BCUT2D eigenvalue weighted by Crippen LogP contribution is -2.45. The van der Waals surface area contributed by atoms with Crippen LogP contribution in [-0.2, 0) is 14.4 Å². The fourth-order valence-electron chi connectivity index (χ4n) is 2.39. The summed E-state index contributed by atoms with van der Waals surface area (Å²) in [7, 11) is 0. The van der Waals surface area contributed by atoms with E-state index < -0.39 is 18.0 Å². The summed E-state index contributed by atoms with van der Waals surface area (Å²) in [4.78, 5) is 35.9. The number of hydrogen-bond donors (Lipinski definition) is 3. The average molecular weight is 336 g/mol. The molecule has 130 valence electrons.